The lowest BCUT2D eigenvalue weighted by Crippen LogP contribution is -2.40. The van der Waals surface area contributed by atoms with Crippen molar-refractivity contribution in [3.8, 4) is 0 Å². The summed E-state index contributed by atoms with van der Waals surface area (Å²) in [5.74, 6) is 2.64. The second-order valence-electron chi connectivity index (χ2n) is 6.43. The van der Waals surface area contributed by atoms with Gasteiger partial charge < -0.3 is 9.47 Å². The molecule has 5 rings (SSSR count). The largest absolute Gasteiger partial charge is 0.349 e. The fraction of sp³-hybridized carbons (Fsp3) is 0.625. The maximum Gasteiger partial charge on any atom is 0.199 e. The zero-order chi connectivity index (χ0) is 11.9. The topological polar surface area (TPSA) is 18.5 Å². The van der Waals surface area contributed by atoms with E-state index in [9.17, 15) is 0 Å². The maximum atomic E-state index is 6.41. The second kappa shape index (κ2) is 3.00. The summed E-state index contributed by atoms with van der Waals surface area (Å²) in [5, 5.41) is 0. The van der Waals surface area contributed by atoms with Crippen LogP contribution in [0.2, 0.25) is 0 Å². The number of benzene rings is 1. The van der Waals surface area contributed by atoms with Crippen LogP contribution in [0, 0.1) is 23.7 Å². The molecule has 1 aromatic rings. The molecule has 94 valence electrons. The monoisotopic (exact) mass is 242 g/mol. The van der Waals surface area contributed by atoms with E-state index < -0.39 is 5.79 Å². The Morgan fingerprint density at radius 1 is 1.22 bits per heavy atom. The maximum absolute atomic E-state index is 6.41. The summed E-state index contributed by atoms with van der Waals surface area (Å²) in [5.41, 5.74) is 2.71. The van der Waals surface area contributed by atoms with Gasteiger partial charge in [-0.2, -0.15) is 0 Å². The van der Waals surface area contributed by atoms with E-state index in [1.807, 2.05) is 7.11 Å². The zero-order valence-corrected chi connectivity index (χ0v) is 10.6. The fourth-order valence-corrected chi connectivity index (χ4v) is 5.55. The third-order valence-electron chi connectivity index (χ3n) is 6.02. The van der Waals surface area contributed by atoms with Gasteiger partial charge in [-0.3, -0.25) is 0 Å². The van der Waals surface area contributed by atoms with Gasteiger partial charge in [-0.1, -0.05) is 24.3 Å². The summed E-state index contributed by atoms with van der Waals surface area (Å²) in [7, 11) is 1.83. The van der Waals surface area contributed by atoms with E-state index in [-0.39, 0.29) is 0 Å². The number of hydrogen-bond acceptors (Lipinski definition) is 2. The molecule has 6 atom stereocenters. The first-order valence-corrected chi connectivity index (χ1v) is 7.17. The number of rotatable bonds is 1. The lowest BCUT2D eigenvalue weighted by atomic mass is 9.67. The zero-order valence-electron chi connectivity index (χ0n) is 10.6. The highest BCUT2D eigenvalue weighted by atomic mass is 16.7. The first-order chi connectivity index (χ1) is 8.85. The predicted molar refractivity (Wildman–Crippen MR) is 66.8 cm³/mol. The molecule has 0 unspecified atom stereocenters. The first-order valence-electron chi connectivity index (χ1n) is 7.17. The highest BCUT2D eigenvalue weighted by molar-refractivity contribution is 5.42. The summed E-state index contributed by atoms with van der Waals surface area (Å²) in [6.07, 6.45) is 4.51. The van der Waals surface area contributed by atoms with Crippen LogP contribution in [0.25, 0.3) is 0 Å². The second-order valence-corrected chi connectivity index (χ2v) is 6.43. The Morgan fingerprint density at radius 2 is 2.06 bits per heavy atom. The summed E-state index contributed by atoms with van der Waals surface area (Å²) in [6.45, 7) is 0. The summed E-state index contributed by atoms with van der Waals surface area (Å²) >= 11 is 0. The van der Waals surface area contributed by atoms with Gasteiger partial charge in [-0.25, -0.2) is 0 Å². The van der Waals surface area contributed by atoms with E-state index >= 15 is 0 Å². The molecule has 0 N–H and O–H groups in total. The van der Waals surface area contributed by atoms with Crippen LogP contribution in [0.3, 0.4) is 0 Å². The number of fused-ring (bicyclic) bond motifs is 12. The molecule has 4 bridgehead atoms. The van der Waals surface area contributed by atoms with Gasteiger partial charge in [-0.15, -0.1) is 0 Å². The molecule has 1 saturated heterocycles. The molecule has 0 radical (unpaired) electrons. The number of ether oxygens (including phenoxy) is 2. The highest BCUT2D eigenvalue weighted by Crippen LogP contribution is 2.72. The quantitative estimate of drug-likeness (QED) is 0.752. The molecule has 0 aromatic heterocycles. The fourth-order valence-electron chi connectivity index (χ4n) is 5.55. The van der Waals surface area contributed by atoms with Gasteiger partial charge in [0.25, 0.3) is 0 Å². The molecule has 2 heterocycles. The average Bonchev–Trinajstić information content (AvgIpc) is 3.15. The van der Waals surface area contributed by atoms with Gasteiger partial charge in [0.2, 0.25) is 0 Å². The molecule has 2 aliphatic heterocycles. The van der Waals surface area contributed by atoms with Gasteiger partial charge >= 0.3 is 0 Å². The van der Waals surface area contributed by atoms with Crippen LogP contribution >= 0.6 is 0 Å². The Labute approximate surface area is 107 Å². The SMILES string of the molecule is CO[C@@]12O[C@@H](c3ccccc31)[C@@H]1[C@H]3CC[C@H](C3)[C@@H]12. The van der Waals surface area contributed by atoms with Crippen LogP contribution in [0.5, 0.6) is 0 Å². The Kier molecular flexibility index (Phi) is 1.66. The van der Waals surface area contributed by atoms with Crippen LogP contribution in [0.15, 0.2) is 24.3 Å². The minimum absolute atomic E-state index is 0.307. The molecule has 1 aromatic carbocycles. The van der Waals surface area contributed by atoms with Crippen molar-refractivity contribution in [1.29, 1.82) is 0 Å². The molecule has 2 heteroatoms. The molecule has 2 aliphatic carbocycles. The number of methoxy groups -OCH3 is 1. The molecule has 0 amide bonds. The molecule has 2 nitrogen and oxygen atoms in total. The highest BCUT2D eigenvalue weighted by Gasteiger charge is 2.70. The van der Waals surface area contributed by atoms with Crippen molar-refractivity contribution in [1.82, 2.24) is 0 Å². The van der Waals surface area contributed by atoms with Crippen LogP contribution < -0.4 is 0 Å². The minimum atomic E-state index is -0.411. The van der Waals surface area contributed by atoms with E-state index in [2.05, 4.69) is 24.3 Å². The molecule has 18 heavy (non-hydrogen) atoms. The lowest BCUT2D eigenvalue weighted by Gasteiger charge is -2.38. The normalized spacial score (nSPS) is 50.6. The van der Waals surface area contributed by atoms with Gasteiger partial charge in [-0.05, 0) is 36.7 Å². The molecule has 4 aliphatic rings. The van der Waals surface area contributed by atoms with E-state index in [1.54, 1.807) is 0 Å². The van der Waals surface area contributed by atoms with Crippen LogP contribution in [0.1, 0.15) is 36.5 Å². The van der Waals surface area contributed by atoms with Crippen molar-refractivity contribution in [2.24, 2.45) is 23.7 Å². The Hall–Kier alpha value is -0.860. The number of hydrogen-bond donors (Lipinski definition) is 0. The van der Waals surface area contributed by atoms with Crippen molar-refractivity contribution in [2.45, 2.75) is 31.2 Å². The van der Waals surface area contributed by atoms with Crippen molar-refractivity contribution >= 4 is 0 Å². The van der Waals surface area contributed by atoms with Crippen molar-refractivity contribution < 1.29 is 9.47 Å². The van der Waals surface area contributed by atoms with Gasteiger partial charge in [0.05, 0.1) is 6.10 Å². The van der Waals surface area contributed by atoms with Gasteiger partial charge in [0.15, 0.2) is 5.79 Å². The van der Waals surface area contributed by atoms with E-state index in [0.29, 0.717) is 12.0 Å². The smallest absolute Gasteiger partial charge is 0.199 e. The van der Waals surface area contributed by atoms with E-state index in [1.165, 1.54) is 30.4 Å². The molecule has 0 spiro atoms. The minimum Gasteiger partial charge on any atom is -0.349 e. The summed E-state index contributed by atoms with van der Waals surface area (Å²) in [6, 6.07) is 8.70. The summed E-state index contributed by atoms with van der Waals surface area (Å²) < 4.78 is 12.4. The Morgan fingerprint density at radius 3 is 2.94 bits per heavy atom. The molecule has 2 saturated carbocycles. The van der Waals surface area contributed by atoms with E-state index in [0.717, 1.165) is 17.8 Å². The standard InChI is InChI=1S/C16H18O2/c1-17-16-12-5-3-2-4-11(12)15(18-16)13-9-6-7-10(8-9)14(13)16/h2-5,9-10,13-15H,6-8H2,1H3/t9-,10+,13+,14-,15-,16+/m0/s1. The molecule has 3 fully saturated rings. The first kappa shape index (κ1) is 9.99. The third-order valence-corrected chi connectivity index (χ3v) is 6.02. The lowest BCUT2D eigenvalue weighted by molar-refractivity contribution is -0.234. The van der Waals surface area contributed by atoms with Gasteiger partial charge in [0.1, 0.15) is 0 Å². The molecular formula is C16H18O2. The average molecular weight is 242 g/mol. The van der Waals surface area contributed by atoms with Crippen LogP contribution in [-0.4, -0.2) is 7.11 Å². The summed E-state index contributed by atoms with van der Waals surface area (Å²) in [4.78, 5) is 0. The van der Waals surface area contributed by atoms with Crippen LogP contribution in [-0.2, 0) is 15.3 Å². The predicted octanol–water partition coefficient (Wildman–Crippen LogP) is 3.23. The van der Waals surface area contributed by atoms with Gasteiger partial charge in [0, 0.05) is 24.5 Å². The van der Waals surface area contributed by atoms with Crippen molar-refractivity contribution in [3.05, 3.63) is 35.4 Å². The van der Waals surface area contributed by atoms with Crippen molar-refractivity contribution in [3.63, 3.8) is 0 Å². The van der Waals surface area contributed by atoms with Crippen LogP contribution in [0.4, 0.5) is 0 Å². The molecular weight excluding hydrogens is 224 g/mol. The van der Waals surface area contributed by atoms with E-state index in [4.69, 9.17) is 9.47 Å². The third kappa shape index (κ3) is 0.865. The Balaban J connectivity index is 1.75. The van der Waals surface area contributed by atoms with Crippen molar-refractivity contribution in [2.75, 3.05) is 7.11 Å². The Bertz CT molecular complexity index is 526.